The molecule has 3 aromatic carbocycles. The van der Waals surface area contributed by atoms with E-state index in [0.29, 0.717) is 17.6 Å². The summed E-state index contributed by atoms with van der Waals surface area (Å²) in [5.41, 5.74) is 3.77. The van der Waals surface area contributed by atoms with Crippen LogP contribution < -0.4 is 10.2 Å². The maximum Gasteiger partial charge on any atom is 0.247 e. The van der Waals surface area contributed by atoms with Crippen molar-refractivity contribution < 1.29 is 14.0 Å². The number of nitrogens with zero attached hydrogens (tertiary/aromatic N) is 5. The number of hydrogen-bond acceptors (Lipinski definition) is 5. The van der Waals surface area contributed by atoms with Crippen LogP contribution >= 0.6 is 0 Å². The Morgan fingerprint density at radius 2 is 1.69 bits per heavy atom. The molecule has 186 valence electrons. The molecule has 4 aromatic rings. The third kappa shape index (κ3) is 5.68. The van der Waals surface area contributed by atoms with Crippen molar-refractivity contribution in [1.82, 2.24) is 19.9 Å². The molecular weight excluding hydrogens is 459 g/mol. The molecule has 1 atom stereocenters. The van der Waals surface area contributed by atoms with Gasteiger partial charge >= 0.3 is 0 Å². The number of anilines is 2. The molecule has 1 heterocycles. The predicted octanol–water partition coefficient (Wildman–Crippen LogP) is 4.08. The van der Waals surface area contributed by atoms with Crippen LogP contribution in [0.25, 0.3) is 11.0 Å². The van der Waals surface area contributed by atoms with Gasteiger partial charge in [0.25, 0.3) is 0 Å². The molecule has 0 radical (unpaired) electrons. The van der Waals surface area contributed by atoms with Gasteiger partial charge in [-0.3, -0.25) is 9.59 Å². The fourth-order valence-electron chi connectivity index (χ4n) is 4.03. The van der Waals surface area contributed by atoms with Crippen molar-refractivity contribution in [3.8, 4) is 0 Å². The summed E-state index contributed by atoms with van der Waals surface area (Å²) < 4.78 is 15.0. The Morgan fingerprint density at radius 3 is 2.36 bits per heavy atom. The van der Waals surface area contributed by atoms with Gasteiger partial charge in [-0.25, -0.2) is 9.07 Å². The van der Waals surface area contributed by atoms with E-state index in [1.54, 1.807) is 12.1 Å². The Morgan fingerprint density at radius 1 is 1.00 bits per heavy atom. The number of rotatable bonds is 9. The maximum atomic E-state index is 13.6. The highest BCUT2D eigenvalue weighted by atomic mass is 19.1. The molecule has 0 aliphatic heterocycles. The molecule has 4 rings (SSSR count). The zero-order chi connectivity index (χ0) is 25.7. The molecule has 8 nitrogen and oxygen atoms in total. The average molecular weight is 489 g/mol. The lowest BCUT2D eigenvalue weighted by Gasteiger charge is -2.30. The van der Waals surface area contributed by atoms with E-state index >= 15 is 0 Å². The largest absolute Gasteiger partial charge is 0.378 e. The summed E-state index contributed by atoms with van der Waals surface area (Å²) in [5.74, 6) is -0.953. The second-order valence-corrected chi connectivity index (χ2v) is 8.74. The lowest BCUT2D eigenvalue weighted by Crippen LogP contribution is -2.47. The van der Waals surface area contributed by atoms with Crippen LogP contribution in [-0.4, -0.2) is 51.8 Å². The van der Waals surface area contributed by atoms with Crippen LogP contribution in [-0.2, 0) is 22.7 Å². The number of amides is 2. The van der Waals surface area contributed by atoms with Crippen molar-refractivity contribution >= 4 is 34.2 Å². The van der Waals surface area contributed by atoms with Crippen LogP contribution in [0.15, 0.2) is 72.8 Å². The first-order valence-corrected chi connectivity index (χ1v) is 11.8. The average Bonchev–Trinajstić information content (AvgIpc) is 3.28. The van der Waals surface area contributed by atoms with Gasteiger partial charge in [0.2, 0.25) is 11.8 Å². The molecule has 0 saturated heterocycles. The summed E-state index contributed by atoms with van der Waals surface area (Å²) in [7, 11) is 3.88. The van der Waals surface area contributed by atoms with Gasteiger partial charge in [0.1, 0.15) is 23.9 Å². The molecular formula is C27H29FN6O2. The molecule has 9 heteroatoms. The van der Waals surface area contributed by atoms with E-state index < -0.39 is 6.04 Å². The number of para-hydroxylation sites is 1. The van der Waals surface area contributed by atoms with Gasteiger partial charge in [0, 0.05) is 32.0 Å². The van der Waals surface area contributed by atoms with E-state index in [-0.39, 0.29) is 30.7 Å². The zero-order valence-corrected chi connectivity index (χ0v) is 20.6. The van der Waals surface area contributed by atoms with Crippen LogP contribution in [0, 0.1) is 5.82 Å². The molecule has 0 fully saturated rings. The summed E-state index contributed by atoms with van der Waals surface area (Å²) in [5, 5.41) is 11.2. The number of fused-ring (bicyclic) bond motifs is 1. The minimum atomic E-state index is -0.745. The van der Waals surface area contributed by atoms with E-state index in [4.69, 9.17) is 0 Å². The summed E-state index contributed by atoms with van der Waals surface area (Å²) >= 11 is 0. The lowest BCUT2D eigenvalue weighted by molar-refractivity contribution is -0.140. The molecule has 0 aliphatic carbocycles. The van der Waals surface area contributed by atoms with Crippen molar-refractivity contribution in [2.75, 3.05) is 24.3 Å². The third-order valence-electron chi connectivity index (χ3n) is 6.01. The highest BCUT2D eigenvalue weighted by Gasteiger charge is 2.29. The van der Waals surface area contributed by atoms with Gasteiger partial charge in [0.05, 0.1) is 5.52 Å². The number of carbonyl (C=O) groups is 2. The fourth-order valence-corrected chi connectivity index (χ4v) is 4.03. The number of hydrogen-bond donors (Lipinski definition) is 1. The Kier molecular flexibility index (Phi) is 7.58. The van der Waals surface area contributed by atoms with Crippen LogP contribution in [0.1, 0.15) is 18.9 Å². The standard InChI is InChI=1S/C27H29FN6O2/c1-4-24(27(36)29-21-13-15-22(16-14-21)32(2)3)33(17-19-9-11-20(28)12-10-19)26(35)18-34-25-8-6-5-7-23(25)30-31-34/h5-16,24H,4,17-18H2,1-3H3,(H,29,36). The molecule has 1 aromatic heterocycles. The monoisotopic (exact) mass is 488 g/mol. The second kappa shape index (κ2) is 11.0. The molecule has 0 spiro atoms. The Labute approximate surface area is 209 Å². The van der Waals surface area contributed by atoms with Gasteiger partial charge in [0.15, 0.2) is 0 Å². The normalized spacial score (nSPS) is 11.8. The van der Waals surface area contributed by atoms with Gasteiger partial charge in [-0.2, -0.15) is 0 Å². The molecule has 2 amide bonds. The highest BCUT2D eigenvalue weighted by molar-refractivity contribution is 5.97. The van der Waals surface area contributed by atoms with Gasteiger partial charge < -0.3 is 15.1 Å². The number of halogens is 1. The minimum absolute atomic E-state index is 0.0803. The smallest absolute Gasteiger partial charge is 0.247 e. The molecule has 1 unspecified atom stereocenters. The van der Waals surface area contributed by atoms with E-state index in [0.717, 1.165) is 16.8 Å². The number of nitrogens with one attached hydrogen (secondary N) is 1. The summed E-state index contributed by atoms with van der Waals surface area (Å²) in [4.78, 5) is 30.4. The van der Waals surface area contributed by atoms with E-state index in [2.05, 4.69) is 15.6 Å². The molecule has 0 saturated carbocycles. The van der Waals surface area contributed by atoms with E-state index in [1.165, 1.54) is 21.7 Å². The molecule has 1 N–H and O–H groups in total. The minimum Gasteiger partial charge on any atom is -0.378 e. The van der Waals surface area contributed by atoms with Gasteiger partial charge in [-0.15, -0.1) is 5.10 Å². The van der Waals surface area contributed by atoms with Gasteiger partial charge in [-0.05, 0) is 60.5 Å². The zero-order valence-electron chi connectivity index (χ0n) is 20.6. The summed E-state index contributed by atoms with van der Waals surface area (Å²) in [6, 6.07) is 20.0. The van der Waals surface area contributed by atoms with Gasteiger partial charge in [-0.1, -0.05) is 36.4 Å². The number of aromatic nitrogens is 3. The first kappa shape index (κ1) is 24.8. The van der Waals surface area contributed by atoms with Crippen LogP contribution in [0.4, 0.5) is 15.8 Å². The Hall–Kier alpha value is -4.27. The topological polar surface area (TPSA) is 83.4 Å². The fraction of sp³-hybridized carbons (Fsp3) is 0.259. The van der Waals surface area contributed by atoms with Crippen LogP contribution in [0.3, 0.4) is 0 Å². The quantitative estimate of drug-likeness (QED) is 0.384. The second-order valence-electron chi connectivity index (χ2n) is 8.74. The van der Waals surface area contributed by atoms with E-state index in [9.17, 15) is 14.0 Å². The van der Waals surface area contributed by atoms with Crippen LogP contribution in [0.2, 0.25) is 0 Å². The van der Waals surface area contributed by atoms with E-state index in [1.807, 2.05) is 74.4 Å². The van der Waals surface area contributed by atoms with Crippen molar-refractivity contribution in [3.05, 3.63) is 84.2 Å². The number of carbonyl (C=O) groups excluding carboxylic acids is 2. The van der Waals surface area contributed by atoms with Crippen molar-refractivity contribution in [2.24, 2.45) is 0 Å². The van der Waals surface area contributed by atoms with Crippen LogP contribution in [0.5, 0.6) is 0 Å². The summed E-state index contributed by atoms with van der Waals surface area (Å²) in [6.07, 6.45) is 0.395. The Balaban J connectivity index is 1.59. The lowest BCUT2D eigenvalue weighted by atomic mass is 10.1. The van der Waals surface area contributed by atoms with Crippen molar-refractivity contribution in [3.63, 3.8) is 0 Å². The van der Waals surface area contributed by atoms with Crippen molar-refractivity contribution in [1.29, 1.82) is 0 Å². The Bertz CT molecular complexity index is 1330. The molecule has 0 bridgehead atoms. The third-order valence-corrected chi connectivity index (χ3v) is 6.01. The number of benzene rings is 3. The molecule has 0 aliphatic rings. The highest BCUT2D eigenvalue weighted by Crippen LogP contribution is 2.19. The molecule has 36 heavy (non-hydrogen) atoms. The first-order valence-electron chi connectivity index (χ1n) is 11.8. The van der Waals surface area contributed by atoms with Crippen molar-refractivity contribution in [2.45, 2.75) is 32.5 Å². The predicted molar refractivity (Wildman–Crippen MR) is 138 cm³/mol. The maximum absolute atomic E-state index is 13.6. The first-order chi connectivity index (χ1) is 17.4. The summed E-state index contributed by atoms with van der Waals surface area (Å²) in [6.45, 7) is 1.93. The SMILES string of the molecule is CCC(C(=O)Nc1ccc(N(C)C)cc1)N(Cc1ccc(F)cc1)C(=O)Cn1nnc2ccccc21.